The third kappa shape index (κ3) is 4.81. The molecule has 1 aliphatic heterocycles. The highest BCUT2D eigenvalue weighted by Crippen LogP contribution is 2.30. The van der Waals surface area contributed by atoms with Gasteiger partial charge in [-0.15, -0.1) is 0 Å². The monoisotopic (exact) mass is 292 g/mol. The van der Waals surface area contributed by atoms with E-state index < -0.39 is 0 Å². The standard InChI is InChI=1S/C17H25FN2O/c1-17(2,3)10-15(12-4-6-14(18)7-5-12)20-16(21)13-8-9-19-11-13/h4-7,13,15,19H,8-11H2,1-3H3,(H,20,21). The van der Waals surface area contributed by atoms with Crippen molar-refractivity contribution >= 4 is 5.91 Å². The molecule has 116 valence electrons. The van der Waals surface area contributed by atoms with Crippen molar-refractivity contribution in [2.24, 2.45) is 11.3 Å². The SMILES string of the molecule is CC(C)(C)CC(NC(=O)C1CCNC1)c1ccc(F)cc1. The van der Waals surface area contributed by atoms with Crippen LogP contribution in [0.2, 0.25) is 0 Å². The van der Waals surface area contributed by atoms with Gasteiger partial charge in [-0.05, 0) is 42.5 Å². The lowest BCUT2D eigenvalue weighted by Gasteiger charge is -2.28. The van der Waals surface area contributed by atoms with Crippen LogP contribution in [0.4, 0.5) is 4.39 Å². The summed E-state index contributed by atoms with van der Waals surface area (Å²) in [6.45, 7) is 8.09. The lowest BCUT2D eigenvalue weighted by molar-refractivity contribution is -0.125. The summed E-state index contributed by atoms with van der Waals surface area (Å²) in [6.07, 6.45) is 1.71. The second-order valence-electron chi connectivity index (χ2n) is 7.07. The first-order valence-electron chi connectivity index (χ1n) is 7.62. The van der Waals surface area contributed by atoms with Crippen LogP contribution in [0.5, 0.6) is 0 Å². The number of hydrogen-bond donors (Lipinski definition) is 2. The minimum atomic E-state index is -0.250. The van der Waals surface area contributed by atoms with Crippen molar-refractivity contribution in [1.29, 1.82) is 0 Å². The van der Waals surface area contributed by atoms with E-state index in [1.54, 1.807) is 12.1 Å². The second-order valence-corrected chi connectivity index (χ2v) is 7.07. The van der Waals surface area contributed by atoms with Crippen LogP contribution in [0.15, 0.2) is 24.3 Å². The molecule has 0 aromatic heterocycles. The Hall–Kier alpha value is -1.42. The fourth-order valence-corrected chi connectivity index (χ4v) is 2.73. The predicted octanol–water partition coefficient (Wildman–Crippen LogP) is 3.03. The summed E-state index contributed by atoms with van der Waals surface area (Å²) in [5, 5.41) is 6.36. The van der Waals surface area contributed by atoms with Crippen LogP contribution in [0, 0.1) is 17.2 Å². The van der Waals surface area contributed by atoms with Gasteiger partial charge in [0.2, 0.25) is 5.91 Å². The van der Waals surface area contributed by atoms with E-state index in [0.717, 1.165) is 31.5 Å². The molecule has 1 saturated heterocycles. The van der Waals surface area contributed by atoms with Crippen molar-refractivity contribution in [3.8, 4) is 0 Å². The average Bonchev–Trinajstić information content (AvgIpc) is 2.91. The van der Waals surface area contributed by atoms with Crippen molar-refractivity contribution in [3.05, 3.63) is 35.6 Å². The number of nitrogens with one attached hydrogen (secondary N) is 2. The number of rotatable bonds is 4. The zero-order valence-corrected chi connectivity index (χ0v) is 13.1. The quantitative estimate of drug-likeness (QED) is 0.895. The van der Waals surface area contributed by atoms with E-state index in [1.165, 1.54) is 12.1 Å². The van der Waals surface area contributed by atoms with E-state index in [9.17, 15) is 9.18 Å². The van der Waals surface area contributed by atoms with Crippen molar-refractivity contribution in [2.75, 3.05) is 13.1 Å². The van der Waals surface area contributed by atoms with Gasteiger partial charge in [-0.25, -0.2) is 4.39 Å². The molecule has 2 atom stereocenters. The van der Waals surface area contributed by atoms with Gasteiger partial charge >= 0.3 is 0 Å². The van der Waals surface area contributed by atoms with Crippen LogP contribution in [-0.4, -0.2) is 19.0 Å². The second kappa shape index (κ2) is 6.56. The van der Waals surface area contributed by atoms with E-state index in [4.69, 9.17) is 0 Å². The molecule has 0 radical (unpaired) electrons. The van der Waals surface area contributed by atoms with Gasteiger partial charge in [-0.3, -0.25) is 4.79 Å². The van der Waals surface area contributed by atoms with Crippen molar-refractivity contribution in [2.45, 2.75) is 39.7 Å². The summed E-state index contributed by atoms with van der Waals surface area (Å²) in [5.74, 6) is -0.105. The van der Waals surface area contributed by atoms with E-state index in [-0.39, 0.29) is 29.1 Å². The molecular formula is C17H25FN2O. The number of benzene rings is 1. The van der Waals surface area contributed by atoms with Crippen LogP contribution in [-0.2, 0) is 4.79 Å². The lowest BCUT2D eigenvalue weighted by Crippen LogP contribution is -2.36. The van der Waals surface area contributed by atoms with E-state index >= 15 is 0 Å². The van der Waals surface area contributed by atoms with Crippen LogP contribution < -0.4 is 10.6 Å². The average molecular weight is 292 g/mol. The lowest BCUT2D eigenvalue weighted by atomic mass is 9.85. The number of amides is 1. The highest BCUT2D eigenvalue weighted by atomic mass is 19.1. The molecule has 1 fully saturated rings. The third-order valence-corrected chi connectivity index (χ3v) is 3.84. The third-order valence-electron chi connectivity index (χ3n) is 3.84. The van der Waals surface area contributed by atoms with Gasteiger partial charge in [0.25, 0.3) is 0 Å². The van der Waals surface area contributed by atoms with Crippen LogP contribution >= 0.6 is 0 Å². The van der Waals surface area contributed by atoms with E-state index in [1.807, 2.05) is 0 Å². The summed E-state index contributed by atoms with van der Waals surface area (Å²) >= 11 is 0. The van der Waals surface area contributed by atoms with Gasteiger partial charge in [-0.2, -0.15) is 0 Å². The van der Waals surface area contributed by atoms with Crippen LogP contribution in [0.1, 0.15) is 45.2 Å². The molecule has 1 aromatic rings. The van der Waals surface area contributed by atoms with Gasteiger partial charge in [-0.1, -0.05) is 32.9 Å². The molecule has 0 aliphatic carbocycles. The Balaban J connectivity index is 2.11. The zero-order chi connectivity index (χ0) is 15.5. The maximum Gasteiger partial charge on any atom is 0.224 e. The van der Waals surface area contributed by atoms with E-state index in [0.29, 0.717) is 0 Å². The van der Waals surface area contributed by atoms with Crippen molar-refractivity contribution < 1.29 is 9.18 Å². The first-order valence-corrected chi connectivity index (χ1v) is 7.62. The molecule has 1 heterocycles. The topological polar surface area (TPSA) is 41.1 Å². The molecule has 2 unspecified atom stereocenters. The van der Waals surface area contributed by atoms with Gasteiger partial charge in [0.15, 0.2) is 0 Å². The minimum absolute atomic E-state index is 0.0490. The highest BCUT2D eigenvalue weighted by molar-refractivity contribution is 5.79. The molecular weight excluding hydrogens is 267 g/mol. The maximum atomic E-state index is 13.1. The Labute approximate surface area is 126 Å². The summed E-state index contributed by atoms with van der Waals surface area (Å²) < 4.78 is 13.1. The van der Waals surface area contributed by atoms with Gasteiger partial charge < -0.3 is 10.6 Å². The summed E-state index contributed by atoms with van der Waals surface area (Å²) in [5.41, 5.74) is 1.05. The Morgan fingerprint density at radius 3 is 2.57 bits per heavy atom. The molecule has 0 bridgehead atoms. The molecule has 1 aromatic carbocycles. The molecule has 0 saturated carbocycles. The molecule has 1 amide bonds. The number of hydrogen-bond acceptors (Lipinski definition) is 2. The molecule has 21 heavy (non-hydrogen) atoms. The Bertz CT molecular complexity index is 473. The predicted molar refractivity (Wildman–Crippen MR) is 82.3 cm³/mol. The molecule has 2 N–H and O–H groups in total. The fourth-order valence-electron chi connectivity index (χ4n) is 2.73. The molecule has 2 rings (SSSR count). The van der Waals surface area contributed by atoms with Crippen molar-refractivity contribution in [3.63, 3.8) is 0 Å². The van der Waals surface area contributed by atoms with Crippen LogP contribution in [0.3, 0.4) is 0 Å². The highest BCUT2D eigenvalue weighted by Gasteiger charge is 2.27. The van der Waals surface area contributed by atoms with Gasteiger partial charge in [0.1, 0.15) is 5.82 Å². The molecule has 3 nitrogen and oxygen atoms in total. The smallest absolute Gasteiger partial charge is 0.224 e. The van der Waals surface area contributed by atoms with Crippen molar-refractivity contribution in [1.82, 2.24) is 10.6 Å². The maximum absolute atomic E-state index is 13.1. The Morgan fingerprint density at radius 1 is 1.38 bits per heavy atom. The van der Waals surface area contributed by atoms with E-state index in [2.05, 4.69) is 31.4 Å². The van der Waals surface area contributed by atoms with Crippen LogP contribution in [0.25, 0.3) is 0 Å². The molecule has 4 heteroatoms. The first-order chi connectivity index (χ1) is 9.85. The largest absolute Gasteiger partial charge is 0.349 e. The summed E-state index contributed by atoms with van der Waals surface area (Å²) in [7, 11) is 0. The molecule has 0 spiro atoms. The Kier molecular flexibility index (Phi) is 4.99. The summed E-state index contributed by atoms with van der Waals surface area (Å²) in [6, 6.07) is 6.36. The first kappa shape index (κ1) is 16.0. The number of carbonyl (C=O) groups is 1. The minimum Gasteiger partial charge on any atom is -0.349 e. The fraction of sp³-hybridized carbons (Fsp3) is 0.588. The normalized spacial score (nSPS) is 20.3. The summed E-state index contributed by atoms with van der Waals surface area (Å²) in [4.78, 5) is 12.4. The van der Waals surface area contributed by atoms with Gasteiger partial charge in [0.05, 0.1) is 12.0 Å². The Morgan fingerprint density at radius 2 is 2.05 bits per heavy atom. The zero-order valence-electron chi connectivity index (χ0n) is 13.1. The number of carbonyl (C=O) groups excluding carboxylic acids is 1. The molecule has 1 aliphatic rings. The number of halogens is 1. The van der Waals surface area contributed by atoms with Gasteiger partial charge in [0, 0.05) is 6.54 Å².